The summed E-state index contributed by atoms with van der Waals surface area (Å²) in [5, 5.41) is 3.41. The minimum absolute atomic E-state index is 0.000312. The minimum atomic E-state index is -1.20. The number of anilines is 1. The number of hydrogen-bond donors (Lipinski definition) is 1. The number of fused-ring (bicyclic) bond motifs is 2. The summed E-state index contributed by atoms with van der Waals surface area (Å²) in [5.41, 5.74) is 0.466. The lowest BCUT2D eigenvalue weighted by Crippen LogP contribution is -2.53. The molecule has 2 aromatic carbocycles. The average Bonchev–Trinajstić information content (AvgIpc) is 3.18. The van der Waals surface area contributed by atoms with Crippen molar-refractivity contribution in [2.24, 2.45) is 0 Å². The number of aldehydes is 1. The number of nitrogens with zero attached hydrogens (tertiary/aromatic N) is 1. The van der Waals surface area contributed by atoms with Gasteiger partial charge in [0.1, 0.15) is 17.6 Å². The van der Waals surface area contributed by atoms with E-state index in [-0.39, 0.29) is 23.4 Å². The molecule has 2 aromatic rings. The van der Waals surface area contributed by atoms with Crippen molar-refractivity contribution in [1.82, 2.24) is 4.90 Å². The van der Waals surface area contributed by atoms with Crippen molar-refractivity contribution in [2.75, 3.05) is 25.6 Å². The number of rotatable bonds is 6. The molecule has 4 rings (SSSR count). The molecule has 2 aliphatic heterocycles. The van der Waals surface area contributed by atoms with Crippen LogP contribution in [0.25, 0.3) is 0 Å². The van der Waals surface area contributed by atoms with Crippen LogP contribution in [-0.4, -0.2) is 43.4 Å². The molecular weight excluding hydrogens is 430 g/mol. The summed E-state index contributed by atoms with van der Waals surface area (Å²) in [6.45, 7) is 0.765. The lowest BCUT2D eigenvalue weighted by molar-refractivity contribution is -0.128. The van der Waals surface area contributed by atoms with Crippen molar-refractivity contribution in [2.45, 2.75) is 30.3 Å². The Morgan fingerprint density at radius 1 is 1.33 bits per heavy atom. The highest BCUT2D eigenvalue weighted by molar-refractivity contribution is 6.31. The van der Waals surface area contributed by atoms with E-state index in [2.05, 4.69) is 5.32 Å². The molecule has 1 spiro atoms. The van der Waals surface area contributed by atoms with Gasteiger partial charge in [0, 0.05) is 48.3 Å². The van der Waals surface area contributed by atoms with E-state index in [1.807, 2.05) is 4.90 Å². The van der Waals surface area contributed by atoms with E-state index < -0.39 is 17.3 Å². The van der Waals surface area contributed by atoms with E-state index in [1.165, 1.54) is 6.07 Å². The Morgan fingerprint density at radius 3 is 2.87 bits per heavy atom. The van der Waals surface area contributed by atoms with Gasteiger partial charge in [-0.2, -0.15) is 0 Å². The molecule has 0 aromatic heterocycles. The number of ether oxygens (including phenoxy) is 1. The topological polar surface area (TPSA) is 58.6 Å². The summed E-state index contributed by atoms with van der Waals surface area (Å²) in [6.07, 6.45) is 1.49. The molecular formula is C22H21Cl2FN2O3. The Balaban J connectivity index is 1.96. The first-order valence-corrected chi connectivity index (χ1v) is 10.5. The number of hydrogen-bond acceptors (Lipinski definition) is 4. The molecule has 8 heteroatoms. The number of halogens is 3. The monoisotopic (exact) mass is 450 g/mol. The first-order chi connectivity index (χ1) is 14.4. The third-order valence-electron chi connectivity index (χ3n) is 6.15. The molecule has 1 fully saturated rings. The van der Waals surface area contributed by atoms with Gasteiger partial charge in [0.15, 0.2) is 0 Å². The first-order valence-electron chi connectivity index (χ1n) is 9.69. The molecule has 0 radical (unpaired) electrons. The third-order valence-corrected chi connectivity index (χ3v) is 6.68. The van der Waals surface area contributed by atoms with Crippen molar-refractivity contribution in [3.63, 3.8) is 0 Å². The van der Waals surface area contributed by atoms with E-state index in [1.54, 1.807) is 37.4 Å². The van der Waals surface area contributed by atoms with Gasteiger partial charge in [0.2, 0.25) is 5.91 Å². The zero-order chi connectivity index (χ0) is 21.5. The van der Waals surface area contributed by atoms with Crippen LogP contribution in [0.2, 0.25) is 10.0 Å². The number of nitrogens with one attached hydrogen (secondary N) is 1. The predicted molar refractivity (Wildman–Crippen MR) is 114 cm³/mol. The molecule has 2 aliphatic rings. The van der Waals surface area contributed by atoms with Gasteiger partial charge in [-0.25, -0.2) is 4.39 Å². The number of methoxy groups -OCH3 is 1. The Labute approximate surface area is 184 Å². The van der Waals surface area contributed by atoms with Crippen LogP contribution in [0.5, 0.6) is 0 Å². The molecule has 0 saturated carbocycles. The molecule has 1 unspecified atom stereocenters. The fourth-order valence-electron chi connectivity index (χ4n) is 5.01. The Morgan fingerprint density at radius 2 is 2.13 bits per heavy atom. The zero-order valence-corrected chi connectivity index (χ0v) is 17.8. The van der Waals surface area contributed by atoms with Gasteiger partial charge < -0.3 is 14.8 Å². The van der Waals surface area contributed by atoms with Crippen molar-refractivity contribution >= 4 is 41.1 Å². The van der Waals surface area contributed by atoms with Crippen LogP contribution in [0, 0.1) is 5.82 Å². The van der Waals surface area contributed by atoms with E-state index >= 15 is 4.39 Å². The summed E-state index contributed by atoms with van der Waals surface area (Å²) >= 11 is 12.2. The summed E-state index contributed by atoms with van der Waals surface area (Å²) in [7, 11) is 1.58. The number of benzene rings is 2. The normalized spacial score (nSPS) is 25.5. The summed E-state index contributed by atoms with van der Waals surface area (Å²) < 4.78 is 20.4. The molecule has 2 heterocycles. The second kappa shape index (κ2) is 8.27. The van der Waals surface area contributed by atoms with Crippen LogP contribution in [0.1, 0.15) is 29.9 Å². The Bertz CT molecular complexity index is 1000. The van der Waals surface area contributed by atoms with Crippen LogP contribution >= 0.6 is 23.2 Å². The fraction of sp³-hybridized carbons (Fsp3) is 0.364. The maximum Gasteiger partial charge on any atom is 0.250 e. The maximum absolute atomic E-state index is 15.2. The lowest BCUT2D eigenvalue weighted by Gasteiger charge is -2.39. The molecule has 0 bridgehead atoms. The lowest BCUT2D eigenvalue weighted by atomic mass is 9.75. The van der Waals surface area contributed by atoms with Gasteiger partial charge in [-0.1, -0.05) is 41.4 Å². The summed E-state index contributed by atoms with van der Waals surface area (Å²) in [4.78, 5) is 27.0. The van der Waals surface area contributed by atoms with Crippen molar-refractivity contribution in [3.8, 4) is 0 Å². The van der Waals surface area contributed by atoms with Gasteiger partial charge in [-0.05, 0) is 30.2 Å². The highest BCUT2D eigenvalue weighted by Crippen LogP contribution is 2.57. The highest BCUT2D eigenvalue weighted by atomic mass is 35.5. The molecule has 1 N–H and O–H groups in total. The molecule has 1 amide bonds. The summed E-state index contributed by atoms with van der Waals surface area (Å²) in [6, 6.07) is 9.77. The van der Waals surface area contributed by atoms with Gasteiger partial charge in [-0.15, -0.1) is 0 Å². The van der Waals surface area contributed by atoms with Gasteiger partial charge >= 0.3 is 0 Å². The number of carbonyl (C=O) groups excluding carboxylic acids is 2. The quantitative estimate of drug-likeness (QED) is 0.663. The van der Waals surface area contributed by atoms with E-state index in [0.717, 1.165) is 6.29 Å². The average molecular weight is 451 g/mol. The van der Waals surface area contributed by atoms with E-state index in [0.29, 0.717) is 41.4 Å². The fourth-order valence-corrected chi connectivity index (χ4v) is 5.36. The van der Waals surface area contributed by atoms with Crippen LogP contribution < -0.4 is 5.32 Å². The SMILES string of the molecule is COCCN1C(CC=O)C[C@H](c2cccc(Cl)c2F)[C@]12C(=O)Nc1cc(Cl)ccc12. The Kier molecular flexibility index (Phi) is 5.86. The van der Waals surface area contributed by atoms with Crippen LogP contribution in [-0.2, 0) is 19.9 Å². The number of likely N-dealkylation sites (tertiary alicyclic amines) is 1. The van der Waals surface area contributed by atoms with Crippen LogP contribution in [0.3, 0.4) is 0 Å². The van der Waals surface area contributed by atoms with E-state index in [9.17, 15) is 9.59 Å². The van der Waals surface area contributed by atoms with Crippen molar-refractivity contribution in [3.05, 3.63) is 63.4 Å². The molecule has 158 valence electrons. The maximum atomic E-state index is 15.2. The van der Waals surface area contributed by atoms with Gasteiger partial charge in [-0.3, -0.25) is 9.69 Å². The first kappa shape index (κ1) is 21.2. The molecule has 30 heavy (non-hydrogen) atoms. The summed E-state index contributed by atoms with van der Waals surface area (Å²) in [5.74, 6) is -1.36. The molecule has 3 atom stereocenters. The van der Waals surface area contributed by atoms with Crippen LogP contribution in [0.4, 0.5) is 10.1 Å². The number of carbonyl (C=O) groups is 2. The van der Waals surface area contributed by atoms with Gasteiger partial charge in [0.05, 0.1) is 11.6 Å². The Hall–Kier alpha value is -1.99. The largest absolute Gasteiger partial charge is 0.383 e. The van der Waals surface area contributed by atoms with E-state index in [4.69, 9.17) is 27.9 Å². The van der Waals surface area contributed by atoms with Crippen molar-refractivity contribution in [1.29, 1.82) is 0 Å². The molecule has 0 aliphatic carbocycles. The smallest absolute Gasteiger partial charge is 0.250 e. The van der Waals surface area contributed by atoms with Gasteiger partial charge in [0.25, 0.3) is 0 Å². The molecule has 1 saturated heterocycles. The zero-order valence-electron chi connectivity index (χ0n) is 16.3. The standard InChI is InChI=1S/C22H21Cl2FN2O3/c1-30-10-8-27-14(7-9-28)12-17(15-3-2-4-18(24)20(15)25)22(27)16-6-5-13(23)11-19(16)26-21(22)29/h2-6,9,11,14,17H,7-8,10,12H2,1H3,(H,26,29)/t14?,17-,22-/m1/s1. The second-order valence-corrected chi connectivity index (χ2v) is 8.43. The minimum Gasteiger partial charge on any atom is -0.383 e. The third kappa shape index (κ3) is 3.14. The predicted octanol–water partition coefficient (Wildman–Crippen LogP) is 4.37. The molecule has 5 nitrogen and oxygen atoms in total. The number of amides is 1. The second-order valence-electron chi connectivity index (χ2n) is 7.58. The van der Waals surface area contributed by atoms with Crippen LogP contribution in [0.15, 0.2) is 36.4 Å². The highest BCUT2D eigenvalue weighted by Gasteiger charge is 2.63. The van der Waals surface area contributed by atoms with Crippen molar-refractivity contribution < 1.29 is 18.7 Å².